The van der Waals surface area contributed by atoms with Gasteiger partial charge in [0.25, 0.3) is 5.91 Å². The molecule has 5 rings (SSSR count). The number of rotatable bonds is 6. The molecule has 1 N–H and O–H groups in total. The molecule has 7 nitrogen and oxygen atoms in total. The highest BCUT2D eigenvalue weighted by Crippen LogP contribution is 2.35. The van der Waals surface area contributed by atoms with Gasteiger partial charge >= 0.3 is 0 Å². The number of amides is 2. The molecular weight excluding hydrogens is 498 g/mol. The van der Waals surface area contributed by atoms with Gasteiger partial charge in [-0.15, -0.1) is 0 Å². The minimum absolute atomic E-state index is 0.0239. The van der Waals surface area contributed by atoms with Crippen LogP contribution >= 0.6 is 15.9 Å². The van der Waals surface area contributed by atoms with Crippen molar-refractivity contribution in [2.75, 3.05) is 20.3 Å². The maximum Gasteiger partial charge on any atom is 0.271 e. The molecule has 1 saturated heterocycles. The Morgan fingerprint density at radius 3 is 2.82 bits per heavy atom. The Hall–Kier alpha value is -2.84. The Kier molecular flexibility index (Phi) is 6.12. The number of methoxy groups -OCH3 is 1. The SMILES string of the molecule is COc1ccc2cc3n(c2c1)CC(C)(C(=O)NCC1CCCO1)N(Cc1ccccc1Br)C3=O. The molecule has 0 bridgehead atoms. The monoisotopic (exact) mass is 525 g/mol. The molecule has 0 aliphatic carbocycles. The van der Waals surface area contributed by atoms with E-state index < -0.39 is 5.54 Å². The first-order valence-corrected chi connectivity index (χ1v) is 12.3. The second-order valence-corrected chi connectivity index (χ2v) is 10.00. The largest absolute Gasteiger partial charge is 0.497 e. The van der Waals surface area contributed by atoms with Crippen LogP contribution in [-0.2, 0) is 22.6 Å². The Morgan fingerprint density at radius 2 is 2.09 bits per heavy atom. The van der Waals surface area contributed by atoms with Crippen LogP contribution in [0.3, 0.4) is 0 Å². The van der Waals surface area contributed by atoms with Gasteiger partial charge in [-0.25, -0.2) is 0 Å². The van der Waals surface area contributed by atoms with Gasteiger partial charge in [0.15, 0.2) is 0 Å². The standard InChI is InChI=1S/C26H28BrN3O4/c1-26(25(32)28-14-20-7-5-11-34-20)16-29-22-13-19(33-2)10-9-17(22)12-23(29)24(31)30(26)15-18-6-3-4-8-21(18)27/h3-4,6,8-10,12-13,20H,5,7,11,14-16H2,1-2H3,(H,28,32). The molecule has 3 aromatic rings. The number of nitrogens with zero attached hydrogens (tertiary/aromatic N) is 2. The summed E-state index contributed by atoms with van der Waals surface area (Å²) in [5.41, 5.74) is 1.30. The van der Waals surface area contributed by atoms with Crippen molar-refractivity contribution in [3.05, 3.63) is 64.3 Å². The fourth-order valence-electron chi connectivity index (χ4n) is 4.90. The lowest BCUT2D eigenvalue weighted by molar-refractivity contribution is -0.133. The first-order valence-electron chi connectivity index (χ1n) is 11.5. The summed E-state index contributed by atoms with van der Waals surface area (Å²) in [4.78, 5) is 29.3. The molecule has 0 radical (unpaired) electrons. The van der Waals surface area contributed by atoms with E-state index in [4.69, 9.17) is 9.47 Å². The van der Waals surface area contributed by atoms with E-state index in [1.54, 1.807) is 12.0 Å². The summed E-state index contributed by atoms with van der Waals surface area (Å²) in [7, 11) is 1.62. The van der Waals surface area contributed by atoms with E-state index in [-0.39, 0.29) is 17.9 Å². The van der Waals surface area contributed by atoms with Crippen molar-refractivity contribution < 1.29 is 19.1 Å². The predicted octanol–water partition coefficient (Wildman–Crippen LogP) is 4.12. The van der Waals surface area contributed by atoms with Gasteiger partial charge in [0, 0.05) is 35.6 Å². The van der Waals surface area contributed by atoms with Crippen LogP contribution in [0.15, 0.2) is 53.0 Å². The Morgan fingerprint density at radius 1 is 1.26 bits per heavy atom. The normalized spacial score (nSPS) is 22.1. The first-order chi connectivity index (χ1) is 16.4. The second kappa shape index (κ2) is 9.07. The van der Waals surface area contributed by atoms with Crippen LogP contribution < -0.4 is 10.1 Å². The molecule has 0 saturated carbocycles. The second-order valence-electron chi connectivity index (χ2n) is 9.14. The van der Waals surface area contributed by atoms with Gasteiger partial charge in [0.1, 0.15) is 17.0 Å². The van der Waals surface area contributed by atoms with Crippen molar-refractivity contribution in [3.8, 4) is 5.75 Å². The Labute approximate surface area is 207 Å². The van der Waals surface area contributed by atoms with Crippen LogP contribution in [0.1, 0.15) is 35.8 Å². The molecule has 0 spiro atoms. The number of carbonyl (C=O) groups is 2. The summed E-state index contributed by atoms with van der Waals surface area (Å²) >= 11 is 3.59. The molecule has 2 aromatic carbocycles. The van der Waals surface area contributed by atoms with Crippen molar-refractivity contribution in [2.24, 2.45) is 0 Å². The van der Waals surface area contributed by atoms with E-state index in [0.717, 1.165) is 40.4 Å². The summed E-state index contributed by atoms with van der Waals surface area (Å²) in [6.07, 6.45) is 1.96. The number of hydrogen-bond acceptors (Lipinski definition) is 4. The van der Waals surface area contributed by atoms with Crippen LogP contribution in [0.5, 0.6) is 5.75 Å². The minimum Gasteiger partial charge on any atom is -0.497 e. The molecule has 3 heterocycles. The smallest absolute Gasteiger partial charge is 0.271 e. The summed E-state index contributed by atoms with van der Waals surface area (Å²) in [5, 5.41) is 4.01. The number of aromatic nitrogens is 1. The van der Waals surface area contributed by atoms with Crippen LogP contribution in [0.2, 0.25) is 0 Å². The molecule has 1 aromatic heterocycles. The van der Waals surface area contributed by atoms with Crippen molar-refractivity contribution >= 4 is 38.6 Å². The fraction of sp³-hybridized carbons (Fsp3) is 0.385. The average Bonchev–Trinajstić information content (AvgIpc) is 3.49. The lowest BCUT2D eigenvalue weighted by Gasteiger charge is -2.44. The molecule has 8 heteroatoms. The molecule has 1 fully saturated rings. The van der Waals surface area contributed by atoms with Crippen molar-refractivity contribution in [3.63, 3.8) is 0 Å². The lowest BCUT2D eigenvalue weighted by atomic mass is 9.93. The third kappa shape index (κ3) is 3.99. The number of fused-ring (bicyclic) bond motifs is 3. The third-order valence-electron chi connectivity index (χ3n) is 6.93. The molecular formula is C26H28BrN3O4. The fourth-order valence-corrected chi connectivity index (χ4v) is 5.31. The molecule has 2 aliphatic heterocycles. The highest BCUT2D eigenvalue weighted by molar-refractivity contribution is 9.10. The molecule has 2 unspecified atom stereocenters. The maximum atomic E-state index is 13.9. The summed E-state index contributed by atoms with van der Waals surface area (Å²) in [5.74, 6) is 0.353. The molecule has 2 atom stereocenters. The van der Waals surface area contributed by atoms with E-state index in [2.05, 4.69) is 21.2 Å². The first kappa shape index (κ1) is 22.9. The molecule has 2 aliphatic rings. The highest BCUT2D eigenvalue weighted by atomic mass is 79.9. The van der Waals surface area contributed by atoms with Crippen LogP contribution in [0.25, 0.3) is 10.9 Å². The van der Waals surface area contributed by atoms with Gasteiger partial charge in [0.05, 0.1) is 25.3 Å². The molecule has 2 amide bonds. The van der Waals surface area contributed by atoms with Crippen LogP contribution in [0, 0.1) is 0 Å². The average molecular weight is 526 g/mol. The zero-order valence-corrected chi connectivity index (χ0v) is 20.9. The Balaban J connectivity index is 1.55. The summed E-state index contributed by atoms with van der Waals surface area (Å²) in [6, 6.07) is 15.4. The van der Waals surface area contributed by atoms with Crippen molar-refractivity contribution in [1.29, 1.82) is 0 Å². The van der Waals surface area contributed by atoms with Gasteiger partial charge in [-0.3, -0.25) is 9.59 Å². The number of benzene rings is 2. The van der Waals surface area contributed by atoms with Crippen LogP contribution in [0.4, 0.5) is 0 Å². The minimum atomic E-state index is -1.09. The third-order valence-corrected chi connectivity index (χ3v) is 7.70. The van der Waals surface area contributed by atoms with Crippen LogP contribution in [-0.4, -0.2) is 53.2 Å². The summed E-state index contributed by atoms with van der Waals surface area (Å²) in [6.45, 7) is 3.67. The van der Waals surface area contributed by atoms with E-state index >= 15 is 0 Å². The zero-order chi connectivity index (χ0) is 23.9. The predicted molar refractivity (Wildman–Crippen MR) is 133 cm³/mol. The quantitative estimate of drug-likeness (QED) is 0.525. The van der Waals surface area contributed by atoms with Gasteiger partial charge in [0.2, 0.25) is 5.91 Å². The lowest BCUT2D eigenvalue weighted by Crippen LogP contribution is -2.64. The topological polar surface area (TPSA) is 72.8 Å². The highest BCUT2D eigenvalue weighted by Gasteiger charge is 2.48. The van der Waals surface area contributed by atoms with E-state index in [1.807, 2.05) is 60.0 Å². The summed E-state index contributed by atoms with van der Waals surface area (Å²) < 4.78 is 14.0. The number of hydrogen-bond donors (Lipinski definition) is 1. The maximum absolute atomic E-state index is 13.9. The van der Waals surface area contributed by atoms with E-state index in [0.29, 0.717) is 31.1 Å². The van der Waals surface area contributed by atoms with Crippen molar-refractivity contribution in [1.82, 2.24) is 14.8 Å². The number of ether oxygens (including phenoxy) is 2. The van der Waals surface area contributed by atoms with Gasteiger partial charge < -0.3 is 24.3 Å². The number of nitrogens with one attached hydrogen (secondary N) is 1. The zero-order valence-electron chi connectivity index (χ0n) is 19.3. The van der Waals surface area contributed by atoms with E-state index in [9.17, 15) is 9.59 Å². The number of carbonyl (C=O) groups excluding carboxylic acids is 2. The number of halogens is 1. The molecule has 34 heavy (non-hydrogen) atoms. The Bertz CT molecular complexity index is 1250. The van der Waals surface area contributed by atoms with Gasteiger partial charge in [-0.1, -0.05) is 34.1 Å². The van der Waals surface area contributed by atoms with Crippen molar-refractivity contribution in [2.45, 2.75) is 44.5 Å². The van der Waals surface area contributed by atoms with E-state index in [1.165, 1.54) is 0 Å². The molecule has 178 valence electrons. The van der Waals surface area contributed by atoms with Gasteiger partial charge in [-0.2, -0.15) is 0 Å². The van der Waals surface area contributed by atoms with Gasteiger partial charge in [-0.05, 0) is 49.6 Å².